The summed E-state index contributed by atoms with van der Waals surface area (Å²) >= 11 is 1.44. The second-order valence-corrected chi connectivity index (χ2v) is 7.23. The summed E-state index contributed by atoms with van der Waals surface area (Å²) < 4.78 is 2.06. The van der Waals surface area contributed by atoms with Crippen LogP contribution in [0.1, 0.15) is 34.6 Å². The van der Waals surface area contributed by atoms with Crippen molar-refractivity contribution in [3.63, 3.8) is 0 Å². The summed E-state index contributed by atoms with van der Waals surface area (Å²) in [6.07, 6.45) is 0. The first-order chi connectivity index (χ1) is 12.5. The van der Waals surface area contributed by atoms with Gasteiger partial charge in [-0.25, -0.2) is 0 Å². The van der Waals surface area contributed by atoms with Crippen LogP contribution in [0.4, 0.5) is 5.69 Å². The van der Waals surface area contributed by atoms with E-state index in [2.05, 4.69) is 70.0 Å². The molecule has 0 radical (unpaired) electrons. The van der Waals surface area contributed by atoms with Gasteiger partial charge in [0.2, 0.25) is 5.91 Å². The summed E-state index contributed by atoms with van der Waals surface area (Å²) in [5.74, 6) is 0.859. The summed E-state index contributed by atoms with van der Waals surface area (Å²) in [5.41, 5.74) is 2.24. The van der Waals surface area contributed by atoms with Crippen LogP contribution in [0.3, 0.4) is 0 Å². The predicted molar refractivity (Wildman–Crippen MR) is 109 cm³/mol. The van der Waals surface area contributed by atoms with E-state index in [1.165, 1.54) is 17.4 Å². The highest BCUT2D eigenvalue weighted by molar-refractivity contribution is 8.00. The largest absolute Gasteiger partial charge is 0.372 e. The van der Waals surface area contributed by atoms with Crippen LogP contribution in [0.25, 0.3) is 11.4 Å². The van der Waals surface area contributed by atoms with Crippen molar-refractivity contribution in [1.29, 1.82) is 0 Å². The Kier molecular flexibility index (Phi) is 7.50. The Morgan fingerprint density at radius 1 is 1.15 bits per heavy atom. The standard InChI is InChI=1S/C19H29N5OS/c1-6-20-18(25)14(5)26-19-22-21-17(24(19)9-4)15-10-12-16(13-11-15)23(7-2)8-3/h10-14H,6-9H2,1-5H3,(H,20,25)/t14-/m0/s1. The normalized spacial score (nSPS) is 12.0. The first kappa shape index (κ1) is 20.3. The number of anilines is 1. The van der Waals surface area contributed by atoms with Gasteiger partial charge in [0, 0.05) is 37.4 Å². The molecule has 0 saturated heterocycles. The Labute approximate surface area is 160 Å². The van der Waals surface area contributed by atoms with Crippen LogP contribution in [0.5, 0.6) is 0 Å². The molecule has 0 fully saturated rings. The molecule has 26 heavy (non-hydrogen) atoms. The Morgan fingerprint density at radius 2 is 1.81 bits per heavy atom. The lowest BCUT2D eigenvalue weighted by Gasteiger charge is -2.21. The fourth-order valence-corrected chi connectivity index (χ4v) is 3.75. The number of thioether (sulfide) groups is 1. The van der Waals surface area contributed by atoms with E-state index in [-0.39, 0.29) is 11.2 Å². The fourth-order valence-electron chi connectivity index (χ4n) is 2.81. The monoisotopic (exact) mass is 375 g/mol. The van der Waals surface area contributed by atoms with Crippen molar-refractivity contribution in [1.82, 2.24) is 20.1 Å². The van der Waals surface area contributed by atoms with Crippen molar-refractivity contribution in [2.75, 3.05) is 24.5 Å². The lowest BCUT2D eigenvalue weighted by molar-refractivity contribution is -0.120. The minimum Gasteiger partial charge on any atom is -0.372 e. The van der Waals surface area contributed by atoms with Crippen molar-refractivity contribution in [3.8, 4) is 11.4 Å². The maximum absolute atomic E-state index is 12.0. The topological polar surface area (TPSA) is 63.1 Å². The van der Waals surface area contributed by atoms with Crippen molar-refractivity contribution in [3.05, 3.63) is 24.3 Å². The second-order valence-electron chi connectivity index (χ2n) is 5.92. The predicted octanol–water partition coefficient (Wildman–Crippen LogP) is 3.43. The van der Waals surface area contributed by atoms with Crippen LogP contribution < -0.4 is 10.2 Å². The van der Waals surface area contributed by atoms with E-state index in [9.17, 15) is 4.79 Å². The fraction of sp³-hybridized carbons (Fsp3) is 0.526. The van der Waals surface area contributed by atoms with Crippen molar-refractivity contribution in [2.24, 2.45) is 0 Å². The van der Waals surface area contributed by atoms with Gasteiger partial charge in [0.1, 0.15) is 0 Å². The molecule has 6 nitrogen and oxygen atoms in total. The molecule has 0 saturated carbocycles. The number of nitrogens with zero attached hydrogens (tertiary/aromatic N) is 4. The van der Waals surface area contributed by atoms with E-state index in [1.807, 2.05) is 13.8 Å². The van der Waals surface area contributed by atoms with E-state index in [1.54, 1.807) is 0 Å². The molecule has 1 amide bonds. The average molecular weight is 376 g/mol. The minimum absolute atomic E-state index is 0.0216. The molecular formula is C19H29N5OS. The third kappa shape index (κ3) is 4.58. The molecule has 7 heteroatoms. The molecule has 1 heterocycles. The lowest BCUT2D eigenvalue weighted by atomic mass is 10.2. The molecule has 0 bridgehead atoms. The van der Waals surface area contributed by atoms with Gasteiger partial charge >= 0.3 is 0 Å². The second kappa shape index (κ2) is 9.62. The molecule has 142 valence electrons. The van der Waals surface area contributed by atoms with Crippen LogP contribution in [-0.4, -0.2) is 45.6 Å². The van der Waals surface area contributed by atoms with E-state index < -0.39 is 0 Å². The molecule has 2 aromatic rings. The zero-order chi connectivity index (χ0) is 19.1. The highest BCUT2D eigenvalue weighted by Crippen LogP contribution is 2.28. The molecule has 0 unspecified atom stereocenters. The van der Waals surface area contributed by atoms with Crippen LogP contribution in [-0.2, 0) is 11.3 Å². The van der Waals surface area contributed by atoms with E-state index in [0.29, 0.717) is 6.54 Å². The summed E-state index contributed by atoms with van der Waals surface area (Å²) in [6.45, 7) is 13.6. The zero-order valence-corrected chi connectivity index (χ0v) is 17.1. The van der Waals surface area contributed by atoms with Gasteiger partial charge in [-0.15, -0.1) is 10.2 Å². The lowest BCUT2D eigenvalue weighted by Crippen LogP contribution is -2.30. The zero-order valence-electron chi connectivity index (χ0n) is 16.3. The van der Waals surface area contributed by atoms with E-state index in [0.717, 1.165) is 36.2 Å². The van der Waals surface area contributed by atoms with E-state index >= 15 is 0 Å². The molecule has 0 aliphatic rings. The Morgan fingerprint density at radius 3 is 2.35 bits per heavy atom. The first-order valence-corrected chi connectivity index (χ1v) is 10.2. The number of amides is 1. The van der Waals surface area contributed by atoms with Crippen LogP contribution in [0, 0.1) is 0 Å². The van der Waals surface area contributed by atoms with Gasteiger partial charge in [0.15, 0.2) is 11.0 Å². The molecule has 1 aromatic heterocycles. The summed E-state index contributed by atoms with van der Waals surface area (Å²) in [7, 11) is 0. The van der Waals surface area contributed by atoms with Crippen molar-refractivity contribution < 1.29 is 4.79 Å². The third-order valence-corrected chi connectivity index (χ3v) is 5.37. The van der Waals surface area contributed by atoms with Gasteiger partial charge < -0.3 is 14.8 Å². The number of nitrogens with one attached hydrogen (secondary N) is 1. The SMILES string of the molecule is CCNC(=O)[C@H](C)Sc1nnc(-c2ccc(N(CC)CC)cc2)n1CC. The van der Waals surface area contributed by atoms with Gasteiger partial charge in [-0.05, 0) is 58.9 Å². The number of hydrogen-bond acceptors (Lipinski definition) is 5. The Balaban J connectivity index is 2.23. The van der Waals surface area contributed by atoms with E-state index in [4.69, 9.17) is 0 Å². The van der Waals surface area contributed by atoms with Crippen molar-refractivity contribution >= 4 is 23.4 Å². The number of carbonyl (C=O) groups excluding carboxylic acids is 1. The molecule has 1 N–H and O–H groups in total. The highest BCUT2D eigenvalue weighted by atomic mass is 32.2. The molecule has 1 atom stereocenters. The van der Waals surface area contributed by atoms with Crippen molar-refractivity contribution in [2.45, 2.75) is 51.6 Å². The van der Waals surface area contributed by atoms with Gasteiger partial charge in [-0.1, -0.05) is 11.8 Å². The molecular weight excluding hydrogens is 346 g/mol. The van der Waals surface area contributed by atoms with Crippen LogP contribution >= 0.6 is 11.8 Å². The maximum Gasteiger partial charge on any atom is 0.233 e. The summed E-state index contributed by atoms with van der Waals surface area (Å²) in [6, 6.07) is 8.43. The van der Waals surface area contributed by atoms with Gasteiger partial charge in [0.25, 0.3) is 0 Å². The molecule has 0 spiro atoms. The average Bonchev–Trinajstić information content (AvgIpc) is 3.06. The van der Waals surface area contributed by atoms with Gasteiger partial charge in [-0.3, -0.25) is 4.79 Å². The maximum atomic E-state index is 12.0. The number of rotatable bonds is 9. The molecule has 0 aliphatic heterocycles. The number of carbonyl (C=O) groups is 1. The summed E-state index contributed by atoms with van der Waals surface area (Å²) in [4.78, 5) is 14.3. The van der Waals surface area contributed by atoms with Gasteiger partial charge in [0.05, 0.1) is 5.25 Å². The molecule has 0 aliphatic carbocycles. The van der Waals surface area contributed by atoms with Crippen LogP contribution in [0.2, 0.25) is 0 Å². The number of hydrogen-bond donors (Lipinski definition) is 1. The van der Waals surface area contributed by atoms with Crippen LogP contribution in [0.15, 0.2) is 29.4 Å². The summed E-state index contributed by atoms with van der Waals surface area (Å²) in [5, 5.41) is 12.1. The molecule has 2 rings (SSSR count). The Hall–Kier alpha value is -2.02. The first-order valence-electron chi connectivity index (χ1n) is 9.28. The third-order valence-electron chi connectivity index (χ3n) is 4.29. The van der Waals surface area contributed by atoms with Gasteiger partial charge in [-0.2, -0.15) is 0 Å². The minimum atomic E-state index is -0.206. The quantitative estimate of drug-likeness (QED) is 0.680. The number of aromatic nitrogens is 3. The Bertz CT molecular complexity index is 709. The highest BCUT2D eigenvalue weighted by Gasteiger charge is 2.19. The molecule has 1 aromatic carbocycles. The smallest absolute Gasteiger partial charge is 0.233 e. The number of benzene rings is 1.